The molecule has 2 fully saturated rings. The van der Waals surface area contributed by atoms with E-state index in [1.54, 1.807) is 16.2 Å². The minimum Gasteiger partial charge on any atom is -0.466 e. The number of amides is 2. The van der Waals surface area contributed by atoms with Gasteiger partial charge in [-0.3, -0.25) is 9.59 Å². The monoisotopic (exact) mass is 726 g/mol. The Kier molecular flexibility index (Phi) is 13.4. The fourth-order valence-corrected chi connectivity index (χ4v) is 7.25. The second-order valence-corrected chi connectivity index (χ2v) is 15.8. The molecule has 3 aromatic rings. The van der Waals surface area contributed by atoms with E-state index in [9.17, 15) is 14.4 Å². The highest BCUT2D eigenvalue weighted by Gasteiger charge is 2.33. The van der Waals surface area contributed by atoms with Crippen molar-refractivity contribution in [2.75, 3.05) is 44.6 Å². The van der Waals surface area contributed by atoms with E-state index in [1.807, 2.05) is 59.7 Å². The molecule has 52 heavy (non-hydrogen) atoms. The van der Waals surface area contributed by atoms with Gasteiger partial charge in [0.25, 0.3) is 5.91 Å². The van der Waals surface area contributed by atoms with Gasteiger partial charge in [-0.05, 0) is 134 Å². The second kappa shape index (κ2) is 17.9. The maximum atomic E-state index is 13.6. The van der Waals surface area contributed by atoms with Crippen LogP contribution in [0.2, 0.25) is 0 Å². The lowest BCUT2D eigenvalue weighted by Crippen LogP contribution is -2.57. The Labute approximate surface area is 313 Å². The fraction of sp³-hybridized carbons (Fsp3) is 0.500. The third-order valence-electron chi connectivity index (χ3n) is 9.47. The molecule has 0 spiro atoms. The molecule has 278 valence electrons. The number of carbonyl (C=O) groups excluding carboxylic acids is 3. The van der Waals surface area contributed by atoms with Crippen LogP contribution in [0, 0.1) is 24.7 Å². The molecule has 0 radical (unpaired) electrons. The highest BCUT2D eigenvalue weighted by molar-refractivity contribution is 7.13. The molecular weight excluding hydrogens is 673 g/mol. The molecule has 2 aliphatic heterocycles. The topological polar surface area (TPSA) is 100 Å². The first-order valence-corrected chi connectivity index (χ1v) is 19.5. The van der Waals surface area contributed by atoms with Crippen molar-refractivity contribution in [1.29, 1.82) is 0 Å². The van der Waals surface area contributed by atoms with Crippen molar-refractivity contribution in [1.82, 2.24) is 15.1 Å². The number of thiophene rings is 1. The van der Waals surface area contributed by atoms with Crippen molar-refractivity contribution >= 4 is 35.0 Å². The highest BCUT2D eigenvalue weighted by Crippen LogP contribution is 2.31. The van der Waals surface area contributed by atoms with Gasteiger partial charge in [0.05, 0.1) is 18.7 Å². The Bertz CT molecular complexity index is 1740. The first-order chi connectivity index (χ1) is 24.9. The summed E-state index contributed by atoms with van der Waals surface area (Å²) >= 11 is 1.69. The Morgan fingerprint density at radius 2 is 1.81 bits per heavy atom. The summed E-state index contributed by atoms with van der Waals surface area (Å²) < 4.78 is 10.5. The molecule has 1 atom stereocenters. The van der Waals surface area contributed by atoms with Crippen LogP contribution in [-0.4, -0.2) is 78.7 Å². The Balaban J connectivity index is 1.17. The van der Waals surface area contributed by atoms with Gasteiger partial charge >= 0.3 is 12.1 Å². The van der Waals surface area contributed by atoms with Crippen molar-refractivity contribution < 1.29 is 23.9 Å². The molecule has 0 aliphatic carbocycles. The number of unbranched alkanes of at least 4 members (excludes halogenated alkanes) is 1. The van der Waals surface area contributed by atoms with Crippen LogP contribution in [0.25, 0.3) is 10.4 Å². The smallest absolute Gasteiger partial charge is 0.410 e. The molecule has 0 bridgehead atoms. The zero-order valence-corrected chi connectivity index (χ0v) is 32.4. The van der Waals surface area contributed by atoms with Crippen molar-refractivity contribution in [3.8, 4) is 22.3 Å². The van der Waals surface area contributed by atoms with Crippen molar-refractivity contribution in [3.63, 3.8) is 0 Å². The van der Waals surface area contributed by atoms with Crippen LogP contribution in [0.5, 0.6) is 0 Å². The Morgan fingerprint density at radius 1 is 1.04 bits per heavy atom. The average Bonchev–Trinajstić information content (AvgIpc) is 3.63. The zero-order chi connectivity index (χ0) is 37.3. The largest absolute Gasteiger partial charge is 0.466 e. The lowest BCUT2D eigenvalue weighted by atomic mass is 9.95. The predicted molar refractivity (Wildman–Crippen MR) is 209 cm³/mol. The Morgan fingerprint density at radius 3 is 2.50 bits per heavy atom. The van der Waals surface area contributed by atoms with E-state index in [0.717, 1.165) is 78.1 Å². The van der Waals surface area contributed by atoms with Crippen LogP contribution >= 0.6 is 11.3 Å². The normalized spacial score (nSPS) is 15.9. The number of carbonyl (C=O) groups is 3. The van der Waals surface area contributed by atoms with Gasteiger partial charge in [-0.2, -0.15) is 0 Å². The van der Waals surface area contributed by atoms with E-state index >= 15 is 0 Å². The van der Waals surface area contributed by atoms with Crippen LogP contribution < -0.4 is 10.6 Å². The molecule has 1 aromatic heterocycles. The SMILES string of the molecule is CCOC(=O)CCCCN1CCC(C#Cc2ccc(C(C)NC(=O)c3cc(NC4CN(C(=O)OC(C)(C)C)C4)ccc3C)cc2-c2cccs2)CC1. The van der Waals surface area contributed by atoms with Gasteiger partial charge in [0.1, 0.15) is 5.60 Å². The summed E-state index contributed by atoms with van der Waals surface area (Å²) in [5.74, 6) is 7.21. The second-order valence-electron chi connectivity index (χ2n) is 14.9. The van der Waals surface area contributed by atoms with E-state index in [-0.39, 0.29) is 30.1 Å². The molecule has 9 nitrogen and oxygen atoms in total. The number of anilines is 1. The van der Waals surface area contributed by atoms with Gasteiger partial charge in [-0.15, -0.1) is 11.3 Å². The lowest BCUT2D eigenvalue weighted by Gasteiger charge is -2.40. The fourth-order valence-electron chi connectivity index (χ4n) is 6.49. The number of hydrogen-bond donors (Lipinski definition) is 2. The third-order valence-corrected chi connectivity index (χ3v) is 10.4. The number of piperidine rings is 1. The number of likely N-dealkylation sites (tertiary alicyclic amines) is 2. The van der Waals surface area contributed by atoms with E-state index in [4.69, 9.17) is 9.47 Å². The van der Waals surface area contributed by atoms with Crippen LogP contribution in [0.15, 0.2) is 53.9 Å². The summed E-state index contributed by atoms with van der Waals surface area (Å²) in [6, 6.07) is 16.2. The van der Waals surface area contributed by atoms with Gasteiger partial charge in [0.2, 0.25) is 0 Å². The number of aryl methyl sites for hydroxylation is 1. The molecule has 5 rings (SSSR count). The Hall–Kier alpha value is -4.33. The van der Waals surface area contributed by atoms with E-state index in [0.29, 0.717) is 37.6 Å². The summed E-state index contributed by atoms with van der Waals surface area (Å²) in [6.07, 6.45) is 4.15. The molecule has 2 aromatic carbocycles. The van der Waals surface area contributed by atoms with Gasteiger partial charge < -0.3 is 29.9 Å². The number of hydrogen-bond acceptors (Lipinski definition) is 8. The summed E-state index contributed by atoms with van der Waals surface area (Å²) in [7, 11) is 0. The molecule has 0 saturated carbocycles. The summed E-state index contributed by atoms with van der Waals surface area (Å²) in [6.45, 7) is 16.0. The van der Waals surface area contributed by atoms with Crippen LogP contribution in [0.3, 0.4) is 0 Å². The quantitative estimate of drug-likeness (QED) is 0.111. The molecule has 3 heterocycles. The van der Waals surface area contributed by atoms with Crippen molar-refractivity contribution in [2.45, 2.75) is 91.3 Å². The van der Waals surface area contributed by atoms with E-state index in [2.05, 4.69) is 63.1 Å². The minimum absolute atomic E-state index is 0.0929. The maximum Gasteiger partial charge on any atom is 0.410 e. The van der Waals surface area contributed by atoms with Crippen molar-refractivity contribution in [3.05, 3.63) is 76.2 Å². The van der Waals surface area contributed by atoms with Gasteiger partial charge in [0.15, 0.2) is 0 Å². The first-order valence-electron chi connectivity index (χ1n) is 18.6. The highest BCUT2D eigenvalue weighted by atomic mass is 32.1. The molecular formula is C42H54N4O5S. The number of esters is 1. The van der Waals surface area contributed by atoms with Crippen LogP contribution in [0.4, 0.5) is 10.5 Å². The molecule has 2 aliphatic rings. The number of nitrogens with zero attached hydrogens (tertiary/aromatic N) is 2. The number of rotatable bonds is 12. The molecule has 2 saturated heterocycles. The van der Waals surface area contributed by atoms with Gasteiger partial charge in [-0.1, -0.05) is 30.0 Å². The molecule has 2 amide bonds. The summed E-state index contributed by atoms with van der Waals surface area (Å²) in [5, 5.41) is 8.76. The number of benzene rings is 2. The number of ether oxygens (including phenoxy) is 2. The predicted octanol–water partition coefficient (Wildman–Crippen LogP) is 8.04. The summed E-state index contributed by atoms with van der Waals surface area (Å²) in [4.78, 5) is 42.8. The standard InChI is InChI=1S/C42H54N4O5S/c1-7-50-39(47)12-8-9-21-45-22-19-31(20-23-45)14-15-32-16-17-33(25-37(32)38-11-10-24-52-38)30(3)43-40(48)36-26-34(18-13-29(36)2)44-35-27-46(28-35)41(49)51-42(4,5)6/h10-11,13,16-18,24-26,30-31,35,44H,7-9,12,19-23,27-28H2,1-6H3,(H,43,48). The van der Waals surface area contributed by atoms with Gasteiger partial charge in [-0.25, -0.2) is 4.79 Å². The first kappa shape index (κ1) is 38.9. The zero-order valence-electron chi connectivity index (χ0n) is 31.6. The minimum atomic E-state index is -0.525. The van der Waals surface area contributed by atoms with Crippen LogP contribution in [-0.2, 0) is 14.3 Å². The van der Waals surface area contributed by atoms with E-state index in [1.165, 1.54) is 0 Å². The molecule has 10 heteroatoms. The maximum absolute atomic E-state index is 13.6. The molecule has 1 unspecified atom stereocenters. The van der Waals surface area contributed by atoms with E-state index < -0.39 is 5.60 Å². The molecule has 2 N–H and O–H groups in total. The third kappa shape index (κ3) is 11.1. The average molecular weight is 727 g/mol. The lowest BCUT2D eigenvalue weighted by molar-refractivity contribution is -0.143. The van der Waals surface area contributed by atoms with Gasteiger partial charge in [0, 0.05) is 52.7 Å². The van der Waals surface area contributed by atoms with Crippen LogP contribution in [0.1, 0.15) is 99.8 Å². The van der Waals surface area contributed by atoms with Crippen molar-refractivity contribution in [2.24, 2.45) is 5.92 Å². The summed E-state index contributed by atoms with van der Waals surface area (Å²) in [5.41, 5.74) is 4.93. The number of nitrogens with one attached hydrogen (secondary N) is 2.